The number of rotatable bonds is 4. The van der Waals surface area contributed by atoms with Crippen molar-refractivity contribution in [3.05, 3.63) is 89.7 Å². The first-order chi connectivity index (χ1) is 14.1. The molecule has 1 unspecified atom stereocenters. The Balaban J connectivity index is 1.65. The zero-order valence-electron chi connectivity index (χ0n) is 15.7. The summed E-state index contributed by atoms with van der Waals surface area (Å²) in [5.41, 5.74) is 3.28. The number of imidazole rings is 1. The predicted octanol–water partition coefficient (Wildman–Crippen LogP) is 4.81. The Morgan fingerprint density at radius 1 is 1.03 bits per heavy atom. The number of benzene rings is 3. The molecular weight excluding hydrogens is 367 g/mol. The number of halogens is 1. The molecule has 4 nitrogen and oxygen atoms in total. The molecule has 3 aromatic carbocycles. The topological polar surface area (TPSA) is 55.1 Å². The van der Waals surface area contributed by atoms with Gasteiger partial charge in [-0.05, 0) is 48.2 Å². The Labute approximate surface area is 167 Å². The van der Waals surface area contributed by atoms with E-state index in [1.165, 1.54) is 12.1 Å². The van der Waals surface area contributed by atoms with E-state index in [0.717, 1.165) is 33.5 Å². The molecule has 1 atom stereocenters. The summed E-state index contributed by atoms with van der Waals surface area (Å²) < 4.78 is 15.3. The third-order valence-corrected chi connectivity index (χ3v) is 5.93. The molecule has 1 N–H and O–H groups in total. The molecular formula is C24H19FN2O2. The van der Waals surface area contributed by atoms with Gasteiger partial charge in [-0.1, -0.05) is 48.5 Å². The van der Waals surface area contributed by atoms with Crippen LogP contribution < -0.4 is 0 Å². The number of carboxylic acid groups (broad SMARTS) is 1. The number of para-hydroxylation sites is 2. The van der Waals surface area contributed by atoms with Crippen LogP contribution in [0.5, 0.6) is 0 Å². The highest BCUT2D eigenvalue weighted by Gasteiger charge is 2.46. The SMILES string of the molecule is O=C(O)C1(CCc2ccc(F)cc2)Cn2c(nc3ccccc32)-c2ccccc21. The van der Waals surface area contributed by atoms with Crippen molar-refractivity contribution in [1.82, 2.24) is 9.55 Å². The van der Waals surface area contributed by atoms with Crippen LogP contribution >= 0.6 is 0 Å². The summed E-state index contributed by atoms with van der Waals surface area (Å²) in [5.74, 6) is -0.338. The van der Waals surface area contributed by atoms with E-state index in [1.54, 1.807) is 12.1 Å². The molecule has 0 radical (unpaired) electrons. The molecule has 0 spiro atoms. The highest BCUT2D eigenvalue weighted by molar-refractivity contribution is 5.89. The Hall–Kier alpha value is -3.47. The first-order valence-corrected chi connectivity index (χ1v) is 9.61. The van der Waals surface area contributed by atoms with Crippen LogP contribution in [0.2, 0.25) is 0 Å². The number of fused-ring (bicyclic) bond motifs is 5. The van der Waals surface area contributed by atoms with Gasteiger partial charge in [0, 0.05) is 12.1 Å². The molecule has 0 fully saturated rings. The Kier molecular flexibility index (Phi) is 3.98. The number of nitrogens with zero attached hydrogens (tertiary/aromatic N) is 2. The van der Waals surface area contributed by atoms with E-state index in [2.05, 4.69) is 0 Å². The monoisotopic (exact) mass is 386 g/mol. The smallest absolute Gasteiger partial charge is 0.316 e. The van der Waals surface area contributed by atoms with Gasteiger partial charge in [-0.2, -0.15) is 0 Å². The normalized spacial score (nSPS) is 17.7. The first kappa shape index (κ1) is 17.6. The van der Waals surface area contributed by atoms with Crippen molar-refractivity contribution in [3.8, 4) is 11.4 Å². The Bertz CT molecular complexity index is 1230. The lowest BCUT2D eigenvalue weighted by Crippen LogP contribution is -2.43. The Morgan fingerprint density at radius 2 is 1.76 bits per heavy atom. The summed E-state index contributed by atoms with van der Waals surface area (Å²) in [5, 5.41) is 10.4. The fourth-order valence-electron chi connectivity index (χ4n) is 4.40. The second-order valence-corrected chi connectivity index (χ2v) is 7.57. The zero-order valence-corrected chi connectivity index (χ0v) is 15.7. The average Bonchev–Trinajstić information content (AvgIpc) is 3.11. The Morgan fingerprint density at radius 3 is 2.55 bits per heavy atom. The highest BCUT2D eigenvalue weighted by Crippen LogP contribution is 2.44. The van der Waals surface area contributed by atoms with Crippen molar-refractivity contribution >= 4 is 17.0 Å². The molecule has 1 aliphatic rings. The van der Waals surface area contributed by atoms with Crippen LogP contribution in [0, 0.1) is 5.82 Å². The van der Waals surface area contributed by atoms with Crippen LogP contribution in [0.25, 0.3) is 22.4 Å². The standard InChI is InChI=1S/C24H19FN2O2/c25-17-11-9-16(10-12-17)13-14-24(23(28)29)15-27-21-8-4-3-7-20(21)26-22(27)18-5-1-2-6-19(18)24/h1-12H,13-15H2,(H,28,29). The number of carbonyl (C=O) groups is 1. The molecule has 0 bridgehead atoms. The van der Waals surface area contributed by atoms with E-state index in [0.29, 0.717) is 19.4 Å². The van der Waals surface area contributed by atoms with Crippen molar-refractivity contribution in [2.75, 3.05) is 0 Å². The second-order valence-electron chi connectivity index (χ2n) is 7.57. The molecule has 0 aliphatic carbocycles. The summed E-state index contributed by atoms with van der Waals surface area (Å²) in [6, 6.07) is 21.7. The highest BCUT2D eigenvalue weighted by atomic mass is 19.1. The van der Waals surface area contributed by atoms with E-state index in [1.807, 2.05) is 53.1 Å². The average molecular weight is 386 g/mol. The molecule has 0 saturated carbocycles. The number of aromatic nitrogens is 2. The summed E-state index contributed by atoms with van der Waals surface area (Å²) in [6.07, 6.45) is 0.958. The third-order valence-electron chi connectivity index (χ3n) is 5.93. The van der Waals surface area contributed by atoms with Gasteiger partial charge in [0.25, 0.3) is 0 Å². The number of aliphatic carboxylic acids is 1. The van der Waals surface area contributed by atoms with E-state index >= 15 is 0 Å². The van der Waals surface area contributed by atoms with E-state index in [4.69, 9.17) is 4.98 Å². The first-order valence-electron chi connectivity index (χ1n) is 9.61. The van der Waals surface area contributed by atoms with Crippen molar-refractivity contribution in [2.45, 2.75) is 24.8 Å². The van der Waals surface area contributed by atoms with Crippen LogP contribution in [0.4, 0.5) is 4.39 Å². The van der Waals surface area contributed by atoms with Gasteiger partial charge in [0.05, 0.1) is 11.0 Å². The molecule has 29 heavy (non-hydrogen) atoms. The number of aryl methyl sites for hydroxylation is 1. The molecule has 0 amide bonds. The van der Waals surface area contributed by atoms with E-state index in [9.17, 15) is 14.3 Å². The maximum Gasteiger partial charge on any atom is 0.316 e. The van der Waals surface area contributed by atoms with Gasteiger partial charge in [-0.3, -0.25) is 4.79 Å². The summed E-state index contributed by atoms with van der Waals surface area (Å²) in [6.45, 7) is 0.316. The van der Waals surface area contributed by atoms with Crippen LogP contribution in [0.3, 0.4) is 0 Å². The molecule has 0 saturated heterocycles. The fraction of sp³-hybridized carbons (Fsp3) is 0.167. The fourth-order valence-corrected chi connectivity index (χ4v) is 4.40. The number of hydrogen-bond acceptors (Lipinski definition) is 2. The third kappa shape index (κ3) is 2.73. The lowest BCUT2D eigenvalue weighted by Gasteiger charge is -2.36. The maximum atomic E-state index is 13.3. The molecule has 1 aromatic heterocycles. The lowest BCUT2D eigenvalue weighted by atomic mass is 9.72. The van der Waals surface area contributed by atoms with Gasteiger partial charge >= 0.3 is 5.97 Å². The van der Waals surface area contributed by atoms with Gasteiger partial charge in [0.15, 0.2) is 0 Å². The minimum atomic E-state index is -1.08. The van der Waals surface area contributed by atoms with Gasteiger partial charge in [0.1, 0.15) is 17.1 Å². The molecule has 5 rings (SSSR count). The molecule has 5 heteroatoms. The summed E-state index contributed by atoms with van der Waals surface area (Å²) >= 11 is 0. The van der Waals surface area contributed by atoms with E-state index < -0.39 is 11.4 Å². The summed E-state index contributed by atoms with van der Waals surface area (Å²) in [4.78, 5) is 17.5. The van der Waals surface area contributed by atoms with Gasteiger partial charge in [-0.15, -0.1) is 0 Å². The molecule has 1 aliphatic heterocycles. The van der Waals surface area contributed by atoms with Crippen LogP contribution in [0.15, 0.2) is 72.8 Å². The molecule has 2 heterocycles. The summed E-state index contributed by atoms with van der Waals surface area (Å²) in [7, 11) is 0. The number of carboxylic acids is 1. The van der Waals surface area contributed by atoms with Crippen molar-refractivity contribution in [1.29, 1.82) is 0 Å². The number of hydrogen-bond donors (Lipinski definition) is 1. The lowest BCUT2D eigenvalue weighted by molar-refractivity contribution is -0.145. The zero-order chi connectivity index (χ0) is 20.0. The van der Waals surface area contributed by atoms with E-state index in [-0.39, 0.29) is 5.82 Å². The predicted molar refractivity (Wildman–Crippen MR) is 109 cm³/mol. The van der Waals surface area contributed by atoms with Crippen molar-refractivity contribution < 1.29 is 14.3 Å². The second kappa shape index (κ2) is 6.55. The maximum absolute atomic E-state index is 13.3. The van der Waals surface area contributed by atoms with Crippen molar-refractivity contribution in [2.24, 2.45) is 0 Å². The minimum absolute atomic E-state index is 0.292. The van der Waals surface area contributed by atoms with Gasteiger partial charge < -0.3 is 9.67 Å². The van der Waals surface area contributed by atoms with Gasteiger partial charge in [-0.25, -0.2) is 9.37 Å². The minimum Gasteiger partial charge on any atom is -0.481 e. The van der Waals surface area contributed by atoms with Crippen LogP contribution in [-0.4, -0.2) is 20.6 Å². The van der Waals surface area contributed by atoms with Crippen molar-refractivity contribution in [3.63, 3.8) is 0 Å². The van der Waals surface area contributed by atoms with Gasteiger partial charge in [0.2, 0.25) is 0 Å². The largest absolute Gasteiger partial charge is 0.481 e. The molecule has 4 aromatic rings. The quantitative estimate of drug-likeness (QED) is 0.548. The van der Waals surface area contributed by atoms with Crippen LogP contribution in [-0.2, 0) is 23.2 Å². The molecule has 144 valence electrons. The van der Waals surface area contributed by atoms with Crippen LogP contribution in [0.1, 0.15) is 17.5 Å².